The van der Waals surface area contributed by atoms with Gasteiger partial charge in [-0.05, 0) is 26.7 Å². The van der Waals surface area contributed by atoms with Gasteiger partial charge in [-0.25, -0.2) is 4.98 Å². The number of thiazole rings is 1. The Morgan fingerprint density at radius 3 is 2.53 bits per heavy atom. The minimum Gasteiger partial charge on any atom is -0.321 e. The van der Waals surface area contributed by atoms with E-state index in [4.69, 9.17) is 5.73 Å². The van der Waals surface area contributed by atoms with Gasteiger partial charge in [0.15, 0.2) is 0 Å². The first-order valence-electron chi connectivity index (χ1n) is 5.82. The molecule has 1 saturated carbocycles. The average molecular weight is 224 g/mol. The summed E-state index contributed by atoms with van der Waals surface area (Å²) in [5, 5.41) is 1.31. The zero-order valence-electron chi connectivity index (χ0n) is 9.62. The lowest BCUT2D eigenvalue weighted by Gasteiger charge is -2.19. The summed E-state index contributed by atoms with van der Waals surface area (Å²) in [6, 6.07) is 0. The Morgan fingerprint density at radius 2 is 2.00 bits per heavy atom. The largest absolute Gasteiger partial charge is 0.321 e. The summed E-state index contributed by atoms with van der Waals surface area (Å²) in [6.45, 7) is 4.09. The molecule has 2 N–H and O–H groups in total. The second kappa shape index (κ2) is 4.22. The van der Waals surface area contributed by atoms with Crippen LogP contribution < -0.4 is 5.73 Å². The van der Waals surface area contributed by atoms with Crippen LogP contribution in [0.15, 0.2) is 6.20 Å². The van der Waals surface area contributed by atoms with E-state index in [1.807, 2.05) is 31.4 Å². The lowest BCUT2D eigenvalue weighted by atomic mass is 9.90. The van der Waals surface area contributed by atoms with Gasteiger partial charge in [0.1, 0.15) is 0 Å². The van der Waals surface area contributed by atoms with E-state index in [-0.39, 0.29) is 5.54 Å². The highest BCUT2D eigenvalue weighted by molar-refractivity contribution is 7.11. The minimum absolute atomic E-state index is 0.232. The van der Waals surface area contributed by atoms with Crippen molar-refractivity contribution in [2.45, 2.75) is 57.4 Å². The van der Waals surface area contributed by atoms with Crippen molar-refractivity contribution >= 4 is 11.3 Å². The molecule has 0 atom stereocenters. The predicted octanol–water partition coefficient (Wildman–Crippen LogP) is 3.38. The first kappa shape index (κ1) is 11.1. The standard InChI is InChI=1S/C12H20N2S/c1-12(2,13)10-8-14-11(15-10)9-6-4-3-5-7-9/h8-9H,3-7,13H2,1-2H3. The molecule has 1 aliphatic rings. The molecule has 1 aromatic heterocycles. The molecule has 0 unspecified atom stereocenters. The van der Waals surface area contributed by atoms with Gasteiger partial charge >= 0.3 is 0 Å². The lowest BCUT2D eigenvalue weighted by Crippen LogP contribution is -2.27. The van der Waals surface area contributed by atoms with Crippen molar-refractivity contribution in [1.82, 2.24) is 4.98 Å². The molecular weight excluding hydrogens is 204 g/mol. The Bertz CT molecular complexity index is 319. The van der Waals surface area contributed by atoms with Gasteiger partial charge in [0.2, 0.25) is 0 Å². The van der Waals surface area contributed by atoms with E-state index < -0.39 is 0 Å². The highest BCUT2D eigenvalue weighted by atomic mass is 32.1. The predicted molar refractivity (Wildman–Crippen MR) is 65.2 cm³/mol. The first-order chi connectivity index (χ1) is 7.07. The molecule has 3 heteroatoms. The summed E-state index contributed by atoms with van der Waals surface area (Å²) >= 11 is 1.81. The SMILES string of the molecule is CC(C)(N)c1cnc(C2CCCCC2)s1. The molecular formula is C12H20N2S. The molecule has 2 nitrogen and oxygen atoms in total. The third-order valence-electron chi connectivity index (χ3n) is 3.11. The van der Waals surface area contributed by atoms with E-state index in [2.05, 4.69) is 4.98 Å². The number of aromatic nitrogens is 1. The van der Waals surface area contributed by atoms with Crippen molar-refractivity contribution in [3.05, 3.63) is 16.1 Å². The molecule has 0 radical (unpaired) electrons. The second-order valence-electron chi connectivity index (χ2n) is 5.12. The van der Waals surface area contributed by atoms with E-state index in [9.17, 15) is 0 Å². The summed E-state index contributed by atoms with van der Waals surface area (Å²) < 4.78 is 0. The first-order valence-corrected chi connectivity index (χ1v) is 6.64. The fourth-order valence-corrected chi connectivity index (χ4v) is 3.23. The average Bonchev–Trinajstić information content (AvgIpc) is 2.67. The summed E-state index contributed by atoms with van der Waals surface area (Å²) in [5.41, 5.74) is 5.84. The number of rotatable bonds is 2. The van der Waals surface area contributed by atoms with Gasteiger partial charge in [-0.2, -0.15) is 0 Å². The molecule has 1 fully saturated rings. The van der Waals surface area contributed by atoms with Crippen LogP contribution in [-0.4, -0.2) is 4.98 Å². The Kier molecular flexibility index (Phi) is 3.12. The minimum atomic E-state index is -0.232. The van der Waals surface area contributed by atoms with Crippen LogP contribution in [0, 0.1) is 0 Å². The third kappa shape index (κ3) is 2.58. The molecule has 15 heavy (non-hydrogen) atoms. The normalized spacial score (nSPS) is 19.4. The van der Waals surface area contributed by atoms with Gasteiger partial charge in [0, 0.05) is 22.5 Å². The highest BCUT2D eigenvalue weighted by Crippen LogP contribution is 2.36. The van der Waals surface area contributed by atoms with Gasteiger partial charge in [-0.1, -0.05) is 19.3 Å². The zero-order chi connectivity index (χ0) is 10.9. The van der Waals surface area contributed by atoms with Crippen LogP contribution in [0.3, 0.4) is 0 Å². The molecule has 0 bridgehead atoms. The van der Waals surface area contributed by atoms with Crippen LogP contribution in [0.5, 0.6) is 0 Å². The fraction of sp³-hybridized carbons (Fsp3) is 0.750. The maximum atomic E-state index is 6.07. The summed E-state index contributed by atoms with van der Waals surface area (Å²) in [6.07, 6.45) is 8.73. The highest BCUT2D eigenvalue weighted by Gasteiger charge is 2.22. The van der Waals surface area contributed by atoms with Crippen molar-refractivity contribution in [2.24, 2.45) is 5.73 Å². The Hall–Kier alpha value is -0.410. The van der Waals surface area contributed by atoms with Crippen LogP contribution >= 0.6 is 11.3 Å². The lowest BCUT2D eigenvalue weighted by molar-refractivity contribution is 0.442. The van der Waals surface area contributed by atoms with E-state index in [0.29, 0.717) is 5.92 Å². The van der Waals surface area contributed by atoms with Crippen LogP contribution in [-0.2, 0) is 5.54 Å². The molecule has 0 saturated heterocycles. The van der Waals surface area contributed by atoms with E-state index in [1.54, 1.807) is 0 Å². The molecule has 1 aromatic rings. The van der Waals surface area contributed by atoms with E-state index in [1.165, 1.54) is 42.0 Å². The molecule has 0 spiro atoms. The van der Waals surface area contributed by atoms with E-state index in [0.717, 1.165) is 0 Å². The van der Waals surface area contributed by atoms with Crippen molar-refractivity contribution in [1.29, 1.82) is 0 Å². The van der Waals surface area contributed by atoms with Crippen LogP contribution in [0.4, 0.5) is 0 Å². The number of hydrogen-bond donors (Lipinski definition) is 1. The van der Waals surface area contributed by atoms with Gasteiger partial charge in [-0.3, -0.25) is 0 Å². The molecule has 2 rings (SSSR count). The zero-order valence-corrected chi connectivity index (χ0v) is 10.4. The topological polar surface area (TPSA) is 38.9 Å². The number of hydrogen-bond acceptors (Lipinski definition) is 3. The van der Waals surface area contributed by atoms with Crippen molar-refractivity contribution < 1.29 is 0 Å². The smallest absolute Gasteiger partial charge is 0.0959 e. The summed E-state index contributed by atoms with van der Waals surface area (Å²) in [5.74, 6) is 0.708. The molecule has 0 amide bonds. The van der Waals surface area contributed by atoms with Crippen molar-refractivity contribution in [3.63, 3.8) is 0 Å². The van der Waals surface area contributed by atoms with Crippen molar-refractivity contribution in [3.8, 4) is 0 Å². The fourth-order valence-electron chi connectivity index (χ4n) is 2.12. The van der Waals surface area contributed by atoms with Gasteiger partial charge in [-0.15, -0.1) is 11.3 Å². The van der Waals surface area contributed by atoms with Gasteiger partial charge in [0.05, 0.1) is 5.01 Å². The number of nitrogens with zero attached hydrogens (tertiary/aromatic N) is 1. The van der Waals surface area contributed by atoms with E-state index >= 15 is 0 Å². The molecule has 0 aliphatic heterocycles. The Labute approximate surface area is 95.9 Å². The van der Waals surface area contributed by atoms with Gasteiger partial charge < -0.3 is 5.73 Å². The maximum absolute atomic E-state index is 6.07. The molecule has 1 aliphatic carbocycles. The second-order valence-corrected chi connectivity index (χ2v) is 6.18. The molecule has 0 aromatic carbocycles. The van der Waals surface area contributed by atoms with Gasteiger partial charge in [0.25, 0.3) is 0 Å². The van der Waals surface area contributed by atoms with Crippen LogP contribution in [0.1, 0.15) is 61.8 Å². The van der Waals surface area contributed by atoms with Crippen molar-refractivity contribution in [2.75, 3.05) is 0 Å². The Balaban J connectivity index is 2.12. The molecule has 84 valence electrons. The third-order valence-corrected chi connectivity index (χ3v) is 4.61. The summed E-state index contributed by atoms with van der Waals surface area (Å²) in [4.78, 5) is 5.76. The number of nitrogens with two attached hydrogens (primary N) is 1. The van der Waals surface area contributed by atoms with Crippen LogP contribution in [0.2, 0.25) is 0 Å². The monoisotopic (exact) mass is 224 g/mol. The quantitative estimate of drug-likeness (QED) is 0.836. The Morgan fingerprint density at radius 1 is 1.33 bits per heavy atom. The molecule has 1 heterocycles. The summed E-state index contributed by atoms with van der Waals surface area (Å²) in [7, 11) is 0. The maximum Gasteiger partial charge on any atom is 0.0959 e. The van der Waals surface area contributed by atoms with Crippen LogP contribution in [0.25, 0.3) is 0 Å².